The maximum Gasteiger partial charge on any atom is 0.188 e. The molecule has 0 fully saturated rings. The van der Waals surface area contributed by atoms with Crippen LogP contribution in [0.15, 0.2) is 30.3 Å². The molecule has 0 bridgehead atoms. The molecule has 0 amide bonds. The second-order valence-corrected chi connectivity index (χ2v) is 5.65. The zero-order valence-corrected chi connectivity index (χ0v) is 12.4. The predicted molar refractivity (Wildman–Crippen MR) is 87.0 cm³/mol. The van der Waals surface area contributed by atoms with Gasteiger partial charge in [0, 0.05) is 41.7 Å². The van der Waals surface area contributed by atoms with Crippen LogP contribution in [-0.4, -0.2) is 37.7 Å². The second-order valence-electron chi connectivity index (χ2n) is 5.65. The van der Waals surface area contributed by atoms with E-state index in [0.717, 1.165) is 35.3 Å². The van der Waals surface area contributed by atoms with Gasteiger partial charge >= 0.3 is 0 Å². The Morgan fingerprint density at radius 3 is 2.91 bits per heavy atom. The number of aromatic hydroxyl groups is 1. The molecule has 7 heteroatoms. The van der Waals surface area contributed by atoms with Crippen LogP contribution in [0.25, 0.3) is 22.3 Å². The van der Waals surface area contributed by atoms with Crippen molar-refractivity contribution in [3.05, 3.63) is 41.6 Å². The average molecular weight is 308 g/mol. The number of nitrogens with zero attached hydrogens (tertiary/aromatic N) is 3. The predicted octanol–water partition coefficient (Wildman–Crippen LogP) is 1.58. The molecule has 0 spiro atoms. The molecule has 0 saturated heterocycles. The van der Waals surface area contributed by atoms with E-state index in [1.54, 1.807) is 12.1 Å². The lowest BCUT2D eigenvalue weighted by atomic mass is 10.0. The van der Waals surface area contributed by atoms with Gasteiger partial charge in [0.05, 0.1) is 5.69 Å². The lowest BCUT2D eigenvalue weighted by Crippen LogP contribution is -2.39. The number of rotatable bonds is 1. The normalized spacial score (nSPS) is 14.0. The van der Waals surface area contributed by atoms with Gasteiger partial charge in [0.25, 0.3) is 0 Å². The van der Waals surface area contributed by atoms with E-state index in [1.165, 1.54) is 0 Å². The van der Waals surface area contributed by atoms with Crippen LogP contribution in [-0.2, 0) is 13.0 Å². The largest absolute Gasteiger partial charge is 0.507 e. The van der Waals surface area contributed by atoms with Gasteiger partial charge in [-0.2, -0.15) is 0 Å². The molecule has 0 atom stereocenters. The highest BCUT2D eigenvalue weighted by atomic mass is 16.3. The zero-order chi connectivity index (χ0) is 16.0. The van der Waals surface area contributed by atoms with Gasteiger partial charge in [0.15, 0.2) is 11.6 Å². The van der Waals surface area contributed by atoms with E-state index in [4.69, 9.17) is 11.1 Å². The van der Waals surface area contributed by atoms with Crippen molar-refractivity contribution in [2.75, 3.05) is 6.54 Å². The summed E-state index contributed by atoms with van der Waals surface area (Å²) in [7, 11) is 0. The first-order valence-corrected chi connectivity index (χ1v) is 7.38. The molecule has 3 aromatic rings. The van der Waals surface area contributed by atoms with Crippen molar-refractivity contribution in [3.8, 4) is 17.0 Å². The minimum Gasteiger partial charge on any atom is -0.507 e. The number of fused-ring (bicyclic) bond motifs is 3. The number of hydrogen-bond acceptors (Lipinski definition) is 4. The number of benzene rings is 1. The van der Waals surface area contributed by atoms with E-state index in [9.17, 15) is 5.11 Å². The molecule has 0 saturated carbocycles. The minimum absolute atomic E-state index is 0.0768. The Hall–Kier alpha value is -3.09. The summed E-state index contributed by atoms with van der Waals surface area (Å²) < 4.78 is 0. The number of aromatic nitrogens is 3. The Morgan fingerprint density at radius 2 is 2.13 bits per heavy atom. The van der Waals surface area contributed by atoms with Crippen molar-refractivity contribution in [2.45, 2.75) is 13.0 Å². The number of phenols is 1. The fraction of sp³-hybridized carbons (Fsp3) is 0.188. The number of nitrogens with one attached hydrogen (secondary N) is 2. The van der Waals surface area contributed by atoms with Crippen molar-refractivity contribution in [1.29, 1.82) is 5.41 Å². The summed E-state index contributed by atoms with van der Waals surface area (Å²) in [6, 6.07) is 8.99. The Kier molecular flexibility index (Phi) is 2.94. The first-order chi connectivity index (χ1) is 11.1. The molecule has 2 aromatic heterocycles. The lowest BCUT2D eigenvalue weighted by molar-refractivity contribution is 0.387. The van der Waals surface area contributed by atoms with Gasteiger partial charge in [0.2, 0.25) is 0 Å². The number of nitrogens with two attached hydrogens (primary N) is 1. The summed E-state index contributed by atoms with van der Waals surface area (Å²) in [5, 5.41) is 27.1. The fourth-order valence-corrected chi connectivity index (χ4v) is 3.03. The first kappa shape index (κ1) is 13.6. The van der Waals surface area contributed by atoms with Crippen LogP contribution in [0.1, 0.15) is 11.3 Å². The molecular weight excluding hydrogens is 292 g/mol. The van der Waals surface area contributed by atoms with E-state index >= 15 is 0 Å². The molecule has 23 heavy (non-hydrogen) atoms. The number of para-hydroxylation sites is 1. The topological polar surface area (TPSA) is 115 Å². The third kappa shape index (κ3) is 2.17. The summed E-state index contributed by atoms with van der Waals surface area (Å²) in [5.41, 5.74) is 9.81. The quantitative estimate of drug-likeness (QED) is 0.402. The van der Waals surface area contributed by atoms with E-state index in [1.807, 2.05) is 23.1 Å². The maximum absolute atomic E-state index is 10.0. The van der Waals surface area contributed by atoms with Gasteiger partial charge in [0.1, 0.15) is 5.75 Å². The Balaban J connectivity index is 1.85. The van der Waals surface area contributed by atoms with E-state index in [2.05, 4.69) is 15.2 Å². The molecule has 7 nitrogen and oxygen atoms in total. The van der Waals surface area contributed by atoms with Gasteiger partial charge in [-0.15, -0.1) is 10.2 Å². The van der Waals surface area contributed by atoms with E-state index in [-0.39, 0.29) is 11.7 Å². The third-order valence-corrected chi connectivity index (χ3v) is 4.25. The van der Waals surface area contributed by atoms with Crippen LogP contribution in [0.2, 0.25) is 0 Å². The van der Waals surface area contributed by atoms with Gasteiger partial charge in [-0.05, 0) is 18.2 Å². The van der Waals surface area contributed by atoms with Gasteiger partial charge in [-0.1, -0.05) is 12.1 Å². The summed E-state index contributed by atoms with van der Waals surface area (Å²) in [6.45, 7) is 1.30. The number of H-pyrrole nitrogens is 1. The first-order valence-electron chi connectivity index (χ1n) is 7.38. The highest BCUT2D eigenvalue weighted by Crippen LogP contribution is 2.31. The summed E-state index contributed by atoms with van der Waals surface area (Å²) in [6.07, 6.45) is 0.789. The van der Waals surface area contributed by atoms with Gasteiger partial charge < -0.3 is 20.7 Å². The summed E-state index contributed by atoms with van der Waals surface area (Å²) in [4.78, 5) is 5.12. The van der Waals surface area contributed by atoms with Crippen LogP contribution < -0.4 is 5.73 Å². The molecule has 3 heterocycles. The molecule has 1 aromatic carbocycles. The monoisotopic (exact) mass is 308 g/mol. The van der Waals surface area contributed by atoms with Gasteiger partial charge in [-0.25, -0.2) is 0 Å². The minimum atomic E-state index is 0.0768. The van der Waals surface area contributed by atoms with Crippen LogP contribution >= 0.6 is 0 Å². The highest BCUT2D eigenvalue weighted by molar-refractivity contribution is 5.86. The molecule has 1 aliphatic rings. The third-order valence-electron chi connectivity index (χ3n) is 4.25. The molecule has 0 radical (unpaired) electrons. The molecular formula is C16H16N6O. The van der Waals surface area contributed by atoms with E-state index in [0.29, 0.717) is 17.8 Å². The van der Waals surface area contributed by atoms with Crippen LogP contribution in [0, 0.1) is 5.41 Å². The van der Waals surface area contributed by atoms with Crippen LogP contribution in [0.5, 0.6) is 5.75 Å². The number of aromatic amines is 1. The number of hydrogen-bond donors (Lipinski definition) is 4. The standard InChI is InChI=1S/C16H16N6O/c17-16(18)22-6-5-12-11(8-22)10-7-13(20-21-15(10)19-12)9-3-1-2-4-14(9)23/h1-4,7,23H,5-6,8H2,(H3,17,18)(H,19,21). The Bertz CT molecular complexity index is 916. The Morgan fingerprint density at radius 1 is 1.30 bits per heavy atom. The molecule has 5 N–H and O–H groups in total. The van der Waals surface area contributed by atoms with E-state index < -0.39 is 0 Å². The fourth-order valence-electron chi connectivity index (χ4n) is 3.03. The molecule has 0 unspecified atom stereocenters. The summed E-state index contributed by atoms with van der Waals surface area (Å²) in [5.74, 6) is 0.254. The Labute approximate surface area is 132 Å². The maximum atomic E-state index is 10.0. The SMILES string of the molecule is N=C(N)N1CCc2[nH]c3nnc(-c4ccccc4O)cc3c2C1. The number of phenolic OH excluding ortho intramolecular Hbond substituents is 1. The van der Waals surface area contributed by atoms with Crippen LogP contribution in [0.4, 0.5) is 0 Å². The molecule has 4 rings (SSSR count). The van der Waals surface area contributed by atoms with Crippen molar-refractivity contribution in [3.63, 3.8) is 0 Å². The van der Waals surface area contributed by atoms with Gasteiger partial charge in [-0.3, -0.25) is 5.41 Å². The second kappa shape index (κ2) is 4.98. The molecule has 0 aliphatic carbocycles. The molecule has 1 aliphatic heterocycles. The molecule has 116 valence electrons. The van der Waals surface area contributed by atoms with Crippen LogP contribution in [0.3, 0.4) is 0 Å². The van der Waals surface area contributed by atoms with Crippen molar-refractivity contribution in [2.24, 2.45) is 5.73 Å². The lowest BCUT2D eigenvalue weighted by Gasteiger charge is -2.27. The smallest absolute Gasteiger partial charge is 0.188 e. The zero-order valence-electron chi connectivity index (χ0n) is 12.4. The highest BCUT2D eigenvalue weighted by Gasteiger charge is 2.22. The van der Waals surface area contributed by atoms with Crippen molar-refractivity contribution in [1.82, 2.24) is 20.1 Å². The average Bonchev–Trinajstić information content (AvgIpc) is 2.92. The van der Waals surface area contributed by atoms with Crippen molar-refractivity contribution >= 4 is 17.0 Å². The summed E-state index contributed by atoms with van der Waals surface area (Å²) >= 11 is 0. The van der Waals surface area contributed by atoms with Crippen molar-refractivity contribution < 1.29 is 5.11 Å². The number of guanidine groups is 1.